The summed E-state index contributed by atoms with van der Waals surface area (Å²) in [7, 11) is 0. The smallest absolute Gasteiger partial charge is 0.174 e. The van der Waals surface area contributed by atoms with Gasteiger partial charge in [-0.05, 0) is 6.07 Å². The van der Waals surface area contributed by atoms with Gasteiger partial charge in [0.05, 0.1) is 10.9 Å². The van der Waals surface area contributed by atoms with Crippen molar-refractivity contribution in [2.24, 2.45) is 0 Å². The molecule has 1 aromatic carbocycles. The number of carbonyl (C=O) groups excluding carboxylic acids is 1. The first-order valence-corrected chi connectivity index (χ1v) is 4.74. The summed E-state index contributed by atoms with van der Waals surface area (Å²) < 4.78 is 13.1. The first kappa shape index (κ1) is 10.7. The highest BCUT2D eigenvalue weighted by molar-refractivity contribution is 9.09. The average molecular weight is 258 g/mol. The third-order valence-electron chi connectivity index (χ3n) is 1.61. The molecule has 0 fully saturated rings. The predicted molar refractivity (Wildman–Crippen MR) is 50.9 cm³/mol. The fourth-order valence-corrected chi connectivity index (χ4v) is 1.30. The number of hydrogen-bond donors (Lipinski definition) is 1. The third-order valence-corrected chi connectivity index (χ3v) is 2.12. The quantitative estimate of drug-likeness (QED) is 0.651. The van der Waals surface area contributed by atoms with Crippen molar-refractivity contribution in [2.45, 2.75) is 0 Å². The molecule has 0 radical (unpaired) electrons. The van der Waals surface area contributed by atoms with E-state index in [2.05, 4.69) is 15.9 Å². The van der Waals surface area contributed by atoms with Gasteiger partial charge in [-0.3, -0.25) is 4.79 Å². The van der Waals surface area contributed by atoms with Gasteiger partial charge in [0, 0.05) is 11.6 Å². The summed E-state index contributed by atoms with van der Waals surface area (Å²) in [6.45, 7) is 0. The lowest BCUT2D eigenvalue weighted by Crippen LogP contribution is -2.04. The Kier molecular flexibility index (Phi) is 3.20. The van der Waals surface area contributed by atoms with Crippen molar-refractivity contribution in [1.82, 2.24) is 0 Å². The first-order valence-electron chi connectivity index (χ1n) is 3.62. The van der Waals surface area contributed by atoms with Crippen LogP contribution in [0.1, 0.15) is 15.9 Å². The molecule has 0 aliphatic rings. The molecule has 1 aromatic rings. The number of rotatable bonds is 2. The van der Waals surface area contributed by atoms with E-state index in [4.69, 9.17) is 10.4 Å². The highest BCUT2D eigenvalue weighted by Crippen LogP contribution is 2.20. The molecular formula is C9H5BrFNO2. The Balaban J connectivity index is 3.41. The Bertz CT molecular complexity index is 426. The van der Waals surface area contributed by atoms with Crippen LogP contribution in [0.3, 0.4) is 0 Å². The zero-order chi connectivity index (χ0) is 10.7. The Labute approximate surface area is 87.9 Å². The van der Waals surface area contributed by atoms with E-state index in [1.807, 2.05) is 0 Å². The van der Waals surface area contributed by atoms with E-state index in [0.717, 1.165) is 12.1 Å². The largest absolute Gasteiger partial charge is 0.508 e. The van der Waals surface area contributed by atoms with Crippen molar-refractivity contribution in [3.8, 4) is 11.8 Å². The fraction of sp³-hybridized carbons (Fsp3) is 0.111. The summed E-state index contributed by atoms with van der Waals surface area (Å²) in [5.41, 5.74) is -0.450. The van der Waals surface area contributed by atoms with E-state index < -0.39 is 11.6 Å². The van der Waals surface area contributed by atoms with Gasteiger partial charge in [-0.2, -0.15) is 5.26 Å². The van der Waals surface area contributed by atoms with Gasteiger partial charge >= 0.3 is 0 Å². The summed E-state index contributed by atoms with van der Waals surface area (Å²) in [6, 6.07) is 3.45. The molecule has 0 aromatic heterocycles. The molecule has 72 valence electrons. The minimum Gasteiger partial charge on any atom is -0.508 e. The third kappa shape index (κ3) is 1.91. The van der Waals surface area contributed by atoms with Crippen molar-refractivity contribution in [1.29, 1.82) is 5.26 Å². The summed E-state index contributed by atoms with van der Waals surface area (Å²) >= 11 is 2.90. The normalized spacial score (nSPS) is 9.50. The summed E-state index contributed by atoms with van der Waals surface area (Å²) in [5, 5.41) is 17.6. The molecule has 0 bridgehead atoms. The number of nitriles is 1. The number of aromatic hydroxyl groups is 1. The van der Waals surface area contributed by atoms with Gasteiger partial charge in [-0.25, -0.2) is 4.39 Å². The second-order valence-electron chi connectivity index (χ2n) is 2.52. The maximum Gasteiger partial charge on any atom is 0.174 e. The van der Waals surface area contributed by atoms with Crippen molar-refractivity contribution in [3.05, 3.63) is 29.1 Å². The lowest BCUT2D eigenvalue weighted by atomic mass is 10.0. The van der Waals surface area contributed by atoms with E-state index in [0.29, 0.717) is 0 Å². The van der Waals surface area contributed by atoms with E-state index in [9.17, 15) is 9.18 Å². The summed E-state index contributed by atoms with van der Waals surface area (Å²) in [4.78, 5) is 11.2. The number of carbonyl (C=O) groups is 1. The second kappa shape index (κ2) is 4.20. The van der Waals surface area contributed by atoms with Crippen LogP contribution in [0.2, 0.25) is 0 Å². The minimum absolute atomic E-state index is 0.0232. The number of phenols is 1. The van der Waals surface area contributed by atoms with Crippen molar-refractivity contribution in [3.63, 3.8) is 0 Å². The van der Waals surface area contributed by atoms with Crippen LogP contribution in [-0.2, 0) is 0 Å². The van der Waals surface area contributed by atoms with Crippen molar-refractivity contribution >= 4 is 21.7 Å². The first-order chi connectivity index (χ1) is 6.60. The molecule has 3 nitrogen and oxygen atoms in total. The number of halogens is 2. The monoisotopic (exact) mass is 257 g/mol. The van der Waals surface area contributed by atoms with Crippen LogP contribution in [0.5, 0.6) is 5.75 Å². The Morgan fingerprint density at radius 3 is 2.79 bits per heavy atom. The molecule has 1 rings (SSSR count). The molecule has 0 aliphatic carbocycles. The maximum absolute atomic E-state index is 13.1. The van der Waals surface area contributed by atoms with E-state index in [1.54, 1.807) is 6.07 Å². The van der Waals surface area contributed by atoms with Gasteiger partial charge in [-0.15, -0.1) is 0 Å². The molecular weight excluding hydrogens is 253 g/mol. The number of nitrogens with zero attached hydrogens (tertiary/aromatic N) is 1. The van der Waals surface area contributed by atoms with E-state index in [1.165, 1.54) is 0 Å². The van der Waals surface area contributed by atoms with Crippen molar-refractivity contribution < 1.29 is 14.3 Å². The second-order valence-corrected chi connectivity index (χ2v) is 3.08. The van der Waals surface area contributed by atoms with Crippen LogP contribution in [-0.4, -0.2) is 16.2 Å². The number of ketones is 1. The molecule has 0 saturated carbocycles. The summed E-state index contributed by atoms with van der Waals surface area (Å²) in [6.07, 6.45) is 0. The lowest BCUT2D eigenvalue weighted by molar-refractivity contribution is 0.102. The number of phenolic OH excluding ortho intramolecular Hbond substituents is 1. The average Bonchev–Trinajstić information content (AvgIpc) is 2.15. The lowest BCUT2D eigenvalue weighted by Gasteiger charge is -2.02. The van der Waals surface area contributed by atoms with Crippen LogP contribution in [0.25, 0.3) is 0 Å². The van der Waals surface area contributed by atoms with Crippen LogP contribution >= 0.6 is 15.9 Å². The Morgan fingerprint density at radius 2 is 2.29 bits per heavy atom. The molecule has 0 atom stereocenters. The topological polar surface area (TPSA) is 61.1 Å². The number of hydrogen-bond acceptors (Lipinski definition) is 3. The fourth-order valence-electron chi connectivity index (χ4n) is 0.998. The standard InChI is InChI=1S/C9H5BrFNO2/c10-3-9(14)6-1-5(13)2-8(11)7(6)4-12/h1-2,13H,3H2. The SMILES string of the molecule is N#Cc1c(F)cc(O)cc1C(=O)CBr. The van der Waals surface area contributed by atoms with Gasteiger partial charge in [0.15, 0.2) is 5.78 Å². The van der Waals surface area contributed by atoms with Crippen LogP contribution < -0.4 is 0 Å². The molecule has 1 N–H and O–H groups in total. The Morgan fingerprint density at radius 1 is 1.64 bits per heavy atom. The predicted octanol–water partition coefficient (Wildman–Crippen LogP) is 1.98. The van der Waals surface area contributed by atoms with Gasteiger partial charge in [-0.1, -0.05) is 15.9 Å². The van der Waals surface area contributed by atoms with E-state index in [-0.39, 0.29) is 22.2 Å². The number of benzene rings is 1. The van der Waals surface area contributed by atoms with Gasteiger partial charge in [0.25, 0.3) is 0 Å². The van der Waals surface area contributed by atoms with Crippen LogP contribution in [0.4, 0.5) is 4.39 Å². The molecule has 0 aliphatic heterocycles. The van der Waals surface area contributed by atoms with Gasteiger partial charge in [0.1, 0.15) is 17.6 Å². The minimum atomic E-state index is -0.892. The molecule has 0 saturated heterocycles. The molecule has 5 heteroatoms. The maximum atomic E-state index is 13.1. The molecule has 0 amide bonds. The summed E-state index contributed by atoms with van der Waals surface area (Å²) in [5.74, 6) is -1.71. The zero-order valence-electron chi connectivity index (χ0n) is 6.92. The van der Waals surface area contributed by atoms with Gasteiger partial charge < -0.3 is 5.11 Å². The van der Waals surface area contributed by atoms with Crippen molar-refractivity contribution in [2.75, 3.05) is 5.33 Å². The van der Waals surface area contributed by atoms with Crippen LogP contribution in [0.15, 0.2) is 12.1 Å². The van der Waals surface area contributed by atoms with Crippen LogP contribution in [0, 0.1) is 17.1 Å². The molecule has 14 heavy (non-hydrogen) atoms. The van der Waals surface area contributed by atoms with E-state index >= 15 is 0 Å². The molecule has 0 spiro atoms. The number of alkyl halides is 1. The highest BCUT2D eigenvalue weighted by atomic mass is 79.9. The zero-order valence-corrected chi connectivity index (χ0v) is 8.51. The molecule has 0 heterocycles. The van der Waals surface area contributed by atoms with Gasteiger partial charge in [0.2, 0.25) is 0 Å². The Hall–Kier alpha value is -1.41. The highest BCUT2D eigenvalue weighted by Gasteiger charge is 2.15. The number of Topliss-reactive ketones (excluding diaryl/α,β-unsaturated/α-hetero) is 1. The molecule has 0 unspecified atom stereocenters.